The van der Waals surface area contributed by atoms with Crippen molar-refractivity contribution >= 4 is 150 Å². The number of aromatic amines is 2. The van der Waals surface area contributed by atoms with Crippen LogP contribution in [0, 0.1) is 11.3 Å². The lowest BCUT2D eigenvalue weighted by atomic mass is 10.0. The van der Waals surface area contributed by atoms with Gasteiger partial charge in [0.25, 0.3) is 0 Å². The summed E-state index contributed by atoms with van der Waals surface area (Å²) in [7, 11) is 5.21. The van der Waals surface area contributed by atoms with E-state index < -0.39 is 222 Å². The minimum atomic E-state index is -1.86. The molecular weight excluding hydrogens is 1790 g/mol. The Bertz CT molecular complexity index is 5210. The van der Waals surface area contributed by atoms with E-state index in [4.69, 9.17) is 27.3 Å². The number of imidazole rings is 1. The van der Waals surface area contributed by atoms with Crippen LogP contribution in [-0.4, -0.2) is 320 Å². The fourth-order valence-corrected chi connectivity index (χ4v) is 18.3. The van der Waals surface area contributed by atoms with Crippen LogP contribution in [-0.2, 0) is 112 Å². The molecule has 3 aliphatic heterocycles. The number of phenolic OH excluding ortho intramolecular Hbond substituents is 1. The molecule has 3 aromatic heterocycles. The number of nitrogens with two attached hydrogens (primary N) is 3. The summed E-state index contributed by atoms with van der Waals surface area (Å²) in [4.78, 5) is 266. The number of para-hydroxylation sites is 1. The van der Waals surface area contributed by atoms with Gasteiger partial charge in [-0.1, -0.05) is 82.1 Å². The van der Waals surface area contributed by atoms with Gasteiger partial charge in [0.1, 0.15) is 90.3 Å². The number of likely N-dealkylation sites (N-methyl/N-ethyl adjacent to an activating group) is 3. The summed E-state index contributed by atoms with van der Waals surface area (Å²) in [5.41, 5.74) is 19.3. The van der Waals surface area contributed by atoms with E-state index in [1.54, 1.807) is 55.8 Å². The zero-order valence-corrected chi connectivity index (χ0v) is 78.5. The van der Waals surface area contributed by atoms with Gasteiger partial charge in [-0.15, -0.1) is 23.1 Å². The standard InChI is InChI=1S/C90H125N23O20S2/c1-9-10-22-68-82(125)101-59(21-15-31-96-90(93)94)78(121)108-67(77(120)98-43-74(92)117)46-134-47-75(118)100-63(36-51-26-28-55(115)29-27-51)85(128)109(5)50(4)76(119)104-65(40-73(91)116)88(131)113-33-17-24-70(113)84(127)103-61(39-54-42-95-48-99-54)80(123)105-62(35-49(2)3)87(130)112-32-16-23-69(112)83(126)102-60(37-52-41-97-58-20-13-11-18-56(52)58)79(122)107-66(44-114)81(124)106-64(38-53-45-135-72-25-14-12-19-57(53)72)86(129)111(7)71(30-34-133-8)89(132)110(68)6/h11-14,18-20,25-29,41-42,45,48-50,59-71,97,114-115H,9-10,15-17,21-24,30-40,43-44,46-47H2,1-8H3,(H2,91,116)(H2,92,117)(H,95,99)(H,98,120)(H,100,118)(H,101,125)(H,102,126)(H,103,127)(H,104,119)(H,105,123)(H,106,124)(H,107,122)(H,108,121)(H4,93,94,96)/t50-,59-,60-,61-,62-,63-,64-,65-,66-,67-,68-,69+,70?,71-/m0/s1. The molecule has 43 nitrogen and oxygen atoms in total. The summed E-state index contributed by atoms with van der Waals surface area (Å²) >= 11 is 2.10. The third-order valence-electron chi connectivity index (χ3n) is 23.9. The first-order valence-corrected chi connectivity index (χ1v) is 46.9. The normalized spacial score (nSPS) is 24.2. The van der Waals surface area contributed by atoms with Gasteiger partial charge in [0, 0.05) is 126 Å². The van der Waals surface area contributed by atoms with Crippen LogP contribution >= 0.6 is 23.1 Å². The van der Waals surface area contributed by atoms with Crippen molar-refractivity contribution in [1.29, 1.82) is 5.41 Å². The molecule has 0 aliphatic carbocycles. The van der Waals surface area contributed by atoms with Gasteiger partial charge in [-0.05, 0) is 116 Å². The molecule has 135 heavy (non-hydrogen) atoms. The van der Waals surface area contributed by atoms with Crippen LogP contribution in [0.2, 0.25) is 0 Å². The van der Waals surface area contributed by atoms with E-state index in [-0.39, 0.29) is 121 Å². The number of H-pyrrole nitrogens is 2. The second kappa shape index (κ2) is 50.7. The molecule has 732 valence electrons. The van der Waals surface area contributed by atoms with Gasteiger partial charge >= 0.3 is 0 Å². The van der Waals surface area contributed by atoms with Crippen molar-refractivity contribution in [1.82, 2.24) is 97.9 Å². The van der Waals surface area contributed by atoms with Crippen molar-refractivity contribution in [2.75, 3.05) is 79.2 Å². The largest absolute Gasteiger partial charge is 0.508 e. The number of phenols is 1. The van der Waals surface area contributed by atoms with Crippen molar-refractivity contribution in [3.63, 3.8) is 0 Å². The number of methoxy groups -OCH3 is 1. The molecule has 22 N–H and O–H groups in total. The summed E-state index contributed by atoms with van der Waals surface area (Å²) in [6.45, 7) is 4.59. The highest BCUT2D eigenvalue weighted by Gasteiger charge is 2.46. The van der Waals surface area contributed by atoms with E-state index in [1.807, 2.05) is 25.1 Å². The Labute approximate surface area is 788 Å². The number of aromatic hydroxyl groups is 1. The van der Waals surface area contributed by atoms with Crippen LogP contribution in [0.3, 0.4) is 0 Å². The number of primary amides is 2. The topological polar surface area (TPSA) is 635 Å². The number of ether oxygens (including phenoxy) is 1. The van der Waals surface area contributed by atoms with Crippen LogP contribution in [0.15, 0.2) is 96.9 Å². The maximum absolute atomic E-state index is 15.7. The molecule has 17 amide bonds. The SMILES string of the molecule is CCCC[C@H]1C(=O)N[C@@H](CCCNC(=N)N)C(=O)N[C@H](C(=O)NCC(N)=O)CSCC(=O)N[C@@H](Cc2ccc(O)cc2)C(=O)N(C)[C@@H](C)C(=O)N[C@@H](CC(N)=O)C(=O)N2CCCC2C(=O)N[C@@H](Cc2cnc[nH]2)C(=O)N[C@@H](CC(C)C)C(=O)N2CCC[C@@H]2C(=O)N[C@@H](Cc2c[nH]c3ccccc23)C(=O)N[C@@H](CO)C(=O)N[C@@H](Cc2csc3ccccc23)C(=O)N(C)[C@@H](CCOC)C(=O)N1C. The molecule has 3 saturated heterocycles. The third kappa shape index (κ3) is 29.6. The number of aliphatic hydroxyl groups is 1. The van der Waals surface area contributed by atoms with Crippen LogP contribution in [0.25, 0.3) is 21.0 Å². The molecule has 1 unspecified atom stereocenters. The number of hydrogen-bond donors (Lipinski definition) is 19. The predicted octanol–water partition coefficient (Wildman–Crippen LogP) is -2.32. The molecule has 0 saturated carbocycles. The summed E-state index contributed by atoms with van der Waals surface area (Å²) < 4.78 is 6.32. The van der Waals surface area contributed by atoms with Gasteiger partial charge in [0.2, 0.25) is 100 Å². The number of thioether (sulfide) groups is 1. The maximum Gasteiger partial charge on any atom is 0.246 e. The van der Waals surface area contributed by atoms with Crippen molar-refractivity contribution in [2.45, 2.75) is 215 Å². The Balaban J connectivity index is 1.10. The molecule has 0 spiro atoms. The molecule has 6 heterocycles. The van der Waals surface area contributed by atoms with Crippen LogP contribution in [0.4, 0.5) is 0 Å². The molecule has 45 heteroatoms. The van der Waals surface area contributed by atoms with Gasteiger partial charge < -0.3 is 125 Å². The second-order valence-electron chi connectivity index (χ2n) is 34.3. The van der Waals surface area contributed by atoms with Crippen LogP contribution in [0.5, 0.6) is 5.75 Å². The van der Waals surface area contributed by atoms with E-state index in [9.17, 15) is 53.4 Å². The number of fused-ring (bicyclic) bond motifs is 4. The quantitative estimate of drug-likeness (QED) is 0.0154. The first-order valence-electron chi connectivity index (χ1n) is 44.9. The van der Waals surface area contributed by atoms with Crippen molar-refractivity contribution in [3.8, 4) is 5.75 Å². The van der Waals surface area contributed by atoms with E-state index in [0.717, 1.165) is 36.1 Å². The number of amides is 17. The molecule has 6 aromatic rings. The smallest absolute Gasteiger partial charge is 0.246 e. The van der Waals surface area contributed by atoms with E-state index >= 15 is 38.4 Å². The number of benzene rings is 3. The number of carbonyl (C=O) groups is 17. The van der Waals surface area contributed by atoms with E-state index in [2.05, 4.69) is 73.4 Å². The Morgan fingerprint density at radius 1 is 0.578 bits per heavy atom. The first kappa shape index (κ1) is 105. The molecule has 3 aromatic carbocycles. The number of aliphatic hydroxyl groups excluding tert-OH is 1. The molecule has 3 fully saturated rings. The first-order chi connectivity index (χ1) is 64.4. The number of rotatable bonds is 26. The summed E-state index contributed by atoms with van der Waals surface area (Å²) in [6, 6.07) is -1.50. The van der Waals surface area contributed by atoms with Gasteiger partial charge in [-0.2, -0.15) is 0 Å². The van der Waals surface area contributed by atoms with Gasteiger partial charge in [0.05, 0.1) is 31.7 Å². The van der Waals surface area contributed by atoms with Gasteiger partial charge in [0.15, 0.2) is 5.96 Å². The fourth-order valence-electron chi connectivity index (χ4n) is 16.5. The summed E-state index contributed by atoms with van der Waals surface area (Å²) in [6.07, 6.45) is 3.40. The fraction of sp³-hybridized carbons (Fsp3) is 0.522. The van der Waals surface area contributed by atoms with Crippen molar-refractivity contribution in [2.24, 2.45) is 23.1 Å². The highest BCUT2D eigenvalue weighted by Crippen LogP contribution is 2.30. The van der Waals surface area contributed by atoms with E-state index in [0.29, 0.717) is 51.5 Å². The minimum Gasteiger partial charge on any atom is -0.508 e. The highest BCUT2D eigenvalue weighted by atomic mass is 32.2. The predicted molar refractivity (Wildman–Crippen MR) is 499 cm³/mol. The third-order valence-corrected chi connectivity index (χ3v) is 26.0. The number of thiophene rings is 1. The van der Waals surface area contributed by atoms with E-state index in [1.165, 1.54) is 88.2 Å². The average molecular weight is 1910 g/mol. The van der Waals surface area contributed by atoms with Crippen molar-refractivity contribution < 1.29 is 96.5 Å². The molecule has 3 aliphatic rings. The molecule has 0 bridgehead atoms. The van der Waals surface area contributed by atoms with Gasteiger partial charge in [-0.3, -0.25) is 86.9 Å². The number of carbonyl (C=O) groups excluding carboxylic acids is 17. The van der Waals surface area contributed by atoms with Gasteiger partial charge in [-0.25, -0.2) is 4.98 Å². The number of nitrogens with zero attached hydrogens (tertiary/aromatic N) is 6. The number of hydrogen-bond acceptors (Lipinski definition) is 24. The molecule has 9 rings (SSSR count). The summed E-state index contributed by atoms with van der Waals surface area (Å²) in [5, 5.41) is 61.7. The zero-order valence-electron chi connectivity index (χ0n) is 76.8. The second-order valence-corrected chi connectivity index (χ2v) is 36.2. The monoisotopic (exact) mass is 1910 g/mol. The molecule has 14 atom stereocenters. The molecule has 0 radical (unpaired) electrons. The summed E-state index contributed by atoms with van der Waals surface area (Å²) in [5.74, 6) is -17.6. The van der Waals surface area contributed by atoms with Crippen LogP contribution in [0.1, 0.15) is 127 Å². The van der Waals surface area contributed by atoms with Crippen LogP contribution < -0.4 is 75.7 Å². The molecular formula is C90H125N23O20S2. The number of guanidine groups is 1. The average Bonchev–Trinajstić information content (AvgIpc) is 1.80. The number of nitrogens with one attached hydrogen (secondary N) is 14. The maximum atomic E-state index is 15.7. The Hall–Kier alpha value is -13.3. The highest BCUT2D eigenvalue weighted by molar-refractivity contribution is 8.00. The zero-order chi connectivity index (χ0) is 98.4. The lowest BCUT2D eigenvalue weighted by molar-refractivity contribution is -0.150. The van der Waals surface area contributed by atoms with Crippen molar-refractivity contribution in [3.05, 3.63) is 119 Å². The number of aromatic nitrogens is 3. The lowest BCUT2D eigenvalue weighted by Gasteiger charge is -2.36. The Morgan fingerprint density at radius 2 is 1.15 bits per heavy atom. The lowest BCUT2D eigenvalue weighted by Crippen LogP contribution is -2.62. The number of unbranched alkanes of at least 4 members (excludes halogenated alkanes) is 1. The Kier molecular flexibility index (Phi) is 39.6. The Morgan fingerprint density at radius 3 is 1.77 bits per heavy atom. The minimum absolute atomic E-state index is 0.00405.